The first-order chi connectivity index (χ1) is 8.51. The topological polar surface area (TPSA) is 15.3 Å². The largest absolute Gasteiger partial charge is 0.315 e. The van der Waals surface area contributed by atoms with Crippen LogP contribution in [0.15, 0.2) is 0 Å². The van der Waals surface area contributed by atoms with Gasteiger partial charge in [-0.25, -0.2) is 0 Å². The molecule has 0 fully saturated rings. The van der Waals surface area contributed by atoms with Crippen molar-refractivity contribution in [2.75, 3.05) is 19.6 Å². The maximum Gasteiger partial charge on any atom is 0.00901 e. The number of hydrogen-bond acceptors (Lipinski definition) is 2. The second-order valence-corrected chi connectivity index (χ2v) is 6.18. The third-order valence-electron chi connectivity index (χ3n) is 3.48. The predicted octanol–water partition coefficient (Wildman–Crippen LogP) is 3.91. The summed E-state index contributed by atoms with van der Waals surface area (Å²) in [5, 5.41) is 3.50. The van der Waals surface area contributed by atoms with E-state index in [1.54, 1.807) is 0 Å². The molecule has 0 rings (SSSR count). The lowest BCUT2D eigenvalue weighted by molar-refractivity contribution is 0.162. The lowest BCUT2D eigenvalue weighted by Crippen LogP contribution is -2.38. The van der Waals surface area contributed by atoms with Gasteiger partial charge in [-0.1, -0.05) is 41.5 Å². The Balaban J connectivity index is 3.93. The molecule has 0 aromatic rings. The summed E-state index contributed by atoms with van der Waals surface area (Å²) < 4.78 is 0. The fraction of sp³-hybridized carbons (Fsp3) is 1.00. The fourth-order valence-electron chi connectivity index (χ4n) is 2.53. The Bertz CT molecular complexity index is 174. The lowest BCUT2D eigenvalue weighted by atomic mass is 10.1. The van der Waals surface area contributed by atoms with Crippen LogP contribution in [-0.4, -0.2) is 36.6 Å². The van der Waals surface area contributed by atoms with Crippen molar-refractivity contribution >= 4 is 0 Å². The van der Waals surface area contributed by atoms with Crippen LogP contribution in [0.2, 0.25) is 0 Å². The molecule has 0 heterocycles. The SMILES string of the molecule is CCC(CC)N(CCCCNC(C)C)CC(C)C. The second-order valence-electron chi connectivity index (χ2n) is 6.18. The van der Waals surface area contributed by atoms with Gasteiger partial charge in [0.1, 0.15) is 0 Å². The van der Waals surface area contributed by atoms with Crippen LogP contribution in [0.4, 0.5) is 0 Å². The third-order valence-corrected chi connectivity index (χ3v) is 3.48. The van der Waals surface area contributed by atoms with Crippen LogP contribution in [0.1, 0.15) is 67.2 Å². The van der Waals surface area contributed by atoms with E-state index >= 15 is 0 Å². The van der Waals surface area contributed by atoms with E-state index < -0.39 is 0 Å². The zero-order chi connectivity index (χ0) is 14.0. The lowest BCUT2D eigenvalue weighted by Gasteiger charge is -2.32. The molecule has 2 nitrogen and oxygen atoms in total. The van der Waals surface area contributed by atoms with Crippen molar-refractivity contribution < 1.29 is 0 Å². The molecule has 0 aliphatic rings. The van der Waals surface area contributed by atoms with E-state index in [1.165, 1.54) is 38.8 Å². The summed E-state index contributed by atoms with van der Waals surface area (Å²) in [6.07, 6.45) is 5.19. The quantitative estimate of drug-likeness (QED) is 0.564. The highest BCUT2D eigenvalue weighted by molar-refractivity contribution is 4.70. The van der Waals surface area contributed by atoms with Gasteiger partial charge in [-0.3, -0.25) is 0 Å². The molecule has 0 aromatic heterocycles. The molecule has 0 atom stereocenters. The molecule has 1 N–H and O–H groups in total. The number of rotatable bonds is 11. The molecule has 0 aliphatic carbocycles. The van der Waals surface area contributed by atoms with Gasteiger partial charge in [-0.2, -0.15) is 0 Å². The van der Waals surface area contributed by atoms with Crippen molar-refractivity contribution in [3.05, 3.63) is 0 Å². The minimum Gasteiger partial charge on any atom is -0.315 e. The molecule has 110 valence electrons. The smallest absolute Gasteiger partial charge is 0.00901 e. The Hall–Kier alpha value is -0.0800. The van der Waals surface area contributed by atoms with Gasteiger partial charge in [0.25, 0.3) is 0 Å². The molecule has 0 saturated carbocycles. The first-order valence-electron chi connectivity index (χ1n) is 7.98. The first kappa shape index (κ1) is 17.9. The molecule has 0 aliphatic heterocycles. The monoisotopic (exact) mass is 256 g/mol. The van der Waals surface area contributed by atoms with Gasteiger partial charge >= 0.3 is 0 Å². The van der Waals surface area contributed by atoms with Gasteiger partial charge in [0.05, 0.1) is 0 Å². The van der Waals surface area contributed by atoms with E-state index in [-0.39, 0.29) is 0 Å². The number of hydrogen-bond donors (Lipinski definition) is 1. The molecular formula is C16H36N2. The highest BCUT2D eigenvalue weighted by Gasteiger charge is 2.15. The summed E-state index contributed by atoms with van der Waals surface area (Å²) in [6.45, 7) is 17.4. The maximum absolute atomic E-state index is 3.50. The number of unbranched alkanes of at least 4 members (excludes halogenated alkanes) is 1. The van der Waals surface area contributed by atoms with Gasteiger partial charge in [0.2, 0.25) is 0 Å². The summed E-state index contributed by atoms with van der Waals surface area (Å²) in [6, 6.07) is 1.40. The van der Waals surface area contributed by atoms with E-state index in [0.717, 1.165) is 18.5 Å². The highest BCUT2D eigenvalue weighted by Crippen LogP contribution is 2.12. The van der Waals surface area contributed by atoms with Gasteiger partial charge in [0.15, 0.2) is 0 Å². The Labute approximate surface area is 116 Å². The van der Waals surface area contributed by atoms with Crippen molar-refractivity contribution in [3.63, 3.8) is 0 Å². The maximum atomic E-state index is 3.50. The molecule has 0 unspecified atom stereocenters. The van der Waals surface area contributed by atoms with Gasteiger partial charge in [0, 0.05) is 18.6 Å². The highest BCUT2D eigenvalue weighted by atomic mass is 15.1. The van der Waals surface area contributed by atoms with Crippen molar-refractivity contribution in [1.82, 2.24) is 10.2 Å². The molecule has 0 bridgehead atoms. The van der Waals surface area contributed by atoms with Crippen LogP contribution in [0, 0.1) is 5.92 Å². The van der Waals surface area contributed by atoms with Crippen LogP contribution >= 0.6 is 0 Å². The average molecular weight is 256 g/mol. The van der Waals surface area contributed by atoms with Crippen molar-refractivity contribution in [3.8, 4) is 0 Å². The van der Waals surface area contributed by atoms with E-state index in [2.05, 4.69) is 51.8 Å². The van der Waals surface area contributed by atoms with Crippen molar-refractivity contribution in [2.24, 2.45) is 5.92 Å². The van der Waals surface area contributed by atoms with Crippen molar-refractivity contribution in [2.45, 2.75) is 79.3 Å². The fourth-order valence-corrected chi connectivity index (χ4v) is 2.53. The molecule has 2 heteroatoms. The van der Waals surface area contributed by atoms with Crippen LogP contribution in [-0.2, 0) is 0 Å². The van der Waals surface area contributed by atoms with E-state index in [1.807, 2.05) is 0 Å². The summed E-state index contributed by atoms with van der Waals surface area (Å²) in [7, 11) is 0. The summed E-state index contributed by atoms with van der Waals surface area (Å²) >= 11 is 0. The number of nitrogens with zero attached hydrogens (tertiary/aromatic N) is 1. The van der Waals surface area contributed by atoms with Gasteiger partial charge in [-0.05, 0) is 44.7 Å². The van der Waals surface area contributed by atoms with Crippen LogP contribution < -0.4 is 5.32 Å². The predicted molar refractivity (Wildman–Crippen MR) is 83.2 cm³/mol. The summed E-state index contributed by atoms with van der Waals surface area (Å²) in [4.78, 5) is 2.71. The zero-order valence-electron chi connectivity index (χ0n) is 13.6. The number of nitrogens with one attached hydrogen (secondary N) is 1. The normalized spacial score (nSPS) is 12.3. The van der Waals surface area contributed by atoms with Crippen molar-refractivity contribution in [1.29, 1.82) is 0 Å². The van der Waals surface area contributed by atoms with E-state index in [9.17, 15) is 0 Å². The van der Waals surface area contributed by atoms with Crippen LogP contribution in [0.5, 0.6) is 0 Å². The Kier molecular flexibility index (Phi) is 10.8. The molecule has 0 spiro atoms. The zero-order valence-corrected chi connectivity index (χ0v) is 13.6. The van der Waals surface area contributed by atoms with Crippen LogP contribution in [0.3, 0.4) is 0 Å². The molecule has 0 saturated heterocycles. The first-order valence-corrected chi connectivity index (χ1v) is 7.98. The Morgan fingerprint density at radius 1 is 0.944 bits per heavy atom. The average Bonchev–Trinajstić information content (AvgIpc) is 2.28. The molecule has 0 radical (unpaired) electrons. The summed E-state index contributed by atoms with van der Waals surface area (Å²) in [5.41, 5.74) is 0. The second kappa shape index (κ2) is 10.8. The Morgan fingerprint density at radius 3 is 2.00 bits per heavy atom. The molecular weight excluding hydrogens is 220 g/mol. The van der Waals surface area contributed by atoms with Gasteiger partial charge < -0.3 is 10.2 Å². The third kappa shape index (κ3) is 8.93. The minimum absolute atomic E-state index is 0.621. The minimum atomic E-state index is 0.621. The van der Waals surface area contributed by atoms with Gasteiger partial charge in [-0.15, -0.1) is 0 Å². The van der Waals surface area contributed by atoms with E-state index in [0.29, 0.717) is 6.04 Å². The summed E-state index contributed by atoms with van der Waals surface area (Å²) in [5.74, 6) is 0.777. The molecule has 18 heavy (non-hydrogen) atoms. The Morgan fingerprint density at radius 2 is 1.56 bits per heavy atom. The molecule has 0 aromatic carbocycles. The van der Waals surface area contributed by atoms with E-state index in [4.69, 9.17) is 0 Å². The van der Waals surface area contributed by atoms with Crippen LogP contribution in [0.25, 0.3) is 0 Å². The standard InChI is InChI=1S/C16H36N2/c1-7-16(8-2)18(13-14(3)4)12-10-9-11-17-15(5)6/h14-17H,7-13H2,1-6H3. The molecule has 0 amide bonds.